The van der Waals surface area contributed by atoms with E-state index in [0.717, 1.165) is 12.1 Å². The molecule has 0 aliphatic rings. The van der Waals surface area contributed by atoms with Gasteiger partial charge in [0.2, 0.25) is 15.9 Å². The number of sulfonamides is 1. The lowest BCUT2D eigenvalue weighted by molar-refractivity contribution is -0.385. The molecular weight excluding hydrogens is 514 g/mol. The highest BCUT2D eigenvalue weighted by molar-refractivity contribution is 7.89. The number of amides is 1. The van der Waals surface area contributed by atoms with Gasteiger partial charge < -0.3 is 14.8 Å². The van der Waals surface area contributed by atoms with Gasteiger partial charge in [0, 0.05) is 30.3 Å². The van der Waals surface area contributed by atoms with E-state index in [1.54, 1.807) is 31.2 Å². The van der Waals surface area contributed by atoms with E-state index in [9.17, 15) is 23.3 Å². The number of hydrogen-bond donors (Lipinski definition) is 2. The second-order valence-corrected chi connectivity index (χ2v) is 11.0. The zero-order valence-electron chi connectivity index (χ0n) is 22.0. The van der Waals surface area contributed by atoms with Crippen molar-refractivity contribution in [3.8, 4) is 23.1 Å². The van der Waals surface area contributed by atoms with Crippen molar-refractivity contribution < 1.29 is 27.6 Å². The Balaban J connectivity index is 2.19. The molecule has 3 rings (SSSR count). The number of non-ortho nitro benzene ring substituents is 1. The molecule has 0 aliphatic carbocycles. The van der Waals surface area contributed by atoms with E-state index in [2.05, 4.69) is 15.1 Å². The third-order valence-corrected chi connectivity index (χ3v) is 6.78. The van der Waals surface area contributed by atoms with Crippen LogP contribution in [-0.2, 0) is 10.0 Å². The molecule has 2 aromatic carbocycles. The lowest BCUT2D eigenvalue weighted by atomic mass is 10.2. The van der Waals surface area contributed by atoms with Crippen LogP contribution in [0, 0.1) is 23.0 Å². The standard InChI is InChI=1S/C25H31N5O7S/c1-15(2)14-26-38(34,35)22-13-19(30(32)33)9-12-21(22)37-25-17(5)23(24(31)27-16(3)4)28-29(25)18-7-10-20(36-6)11-8-18/h7-13,15-16,26H,14H2,1-6H3,(H,27,31). The summed E-state index contributed by atoms with van der Waals surface area (Å²) >= 11 is 0. The van der Waals surface area contributed by atoms with Gasteiger partial charge in [0.25, 0.3) is 11.6 Å². The van der Waals surface area contributed by atoms with Crippen LogP contribution in [0.2, 0.25) is 0 Å². The quantitative estimate of drug-likeness (QED) is 0.271. The molecule has 1 amide bonds. The molecule has 0 bridgehead atoms. The smallest absolute Gasteiger partial charge is 0.272 e. The van der Waals surface area contributed by atoms with Crippen LogP contribution in [0.15, 0.2) is 47.4 Å². The van der Waals surface area contributed by atoms with Gasteiger partial charge >= 0.3 is 0 Å². The molecule has 2 N–H and O–H groups in total. The lowest BCUT2D eigenvalue weighted by Crippen LogP contribution is -2.30. The van der Waals surface area contributed by atoms with Gasteiger partial charge in [0.15, 0.2) is 5.69 Å². The summed E-state index contributed by atoms with van der Waals surface area (Å²) in [6.45, 7) is 9.01. The number of aromatic nitrogens is 2. The van der Waals surface area contributed by atoms with Crippen LogP contribution in [0.3, 0.4) is 0 Å². The zero-order valence-corrected chi connectivity index (χ0v) is 22.8. The molecule has 1 heterocycles. The highest BCUT2D eigenvalue weighted by Crippen LogP contribution is 2.36. The van der Waals surface area contributed by atoms with Gasteiger partial charge in [-0.2, -0.15) is 9.78 Å². The van der Waals surface area contributed by atoms with Crippen LogP contribution >= 0.6 is 0 Å². The van der Waals surface area contributed by atoms with E-state index in [1.807, 2.05) is 27.7 Å². The number of nitrogens with one attached hydrogen (secondary N) is 2. The first-order chi connectivity index (χ1) is 17.8. The first-order valence-corrected chi connectivity index (χ1v) is 13.3. The first kappa shape index (κ1) is 28.6. The van der Waals surface area contributed by atoms with Gasteiger partial charge in [-0.3, -0.25) is 14.9 Å². The van der Waals surface area contributed by atoms with Crippen LogP contribution in [0.1, 0.15) is 43.7 Å². The summed E-state index contributed by atoms with van der Waals surface area (Å²) in [5, 5.41) is 18.6. The van der Waals surface area contributed by atoms with Crippen molar-refractivity contribution in [1.82, 2.24) is 19.8 Å². The molecule has 3 aromatic rings. The Bertz CT molecular complexity index is 1430. The monoisotopic (exact) mass is 545 g/mol. The number of carbonyl (C=O) groups excluding carboxylic acids is 1. The van der Waals surface area contributed by atoms with Gasteiger partial charge in [-0.05, 0) is 57.0 Å². The predicted octanol–water partition coefficient (Wildman–Crippen LogP) is 3.96. The molecule has 1 aromatic heterocycles. The lowest BCUT2D eigenvalue weighted by Gasteiger charge is -2.15. The van der Waals surface area contributed by atoms with E-state index in [-0.39, 0.29) is 35.8 Å². The summed E-state index contributed by atoms with van der Waals surface area (Å²) in [5.74, 6) is 0.0508. The summed E-state index contributed by atoms with van der Waals surface area (Å²) in [5.41, 5.74) is 0.515. The van der Waals surface area contributed by atoms with Crippen molar-refractivity contribution in [3.63, 3.8) is 0 Å². The van der Waals surface area contributed by atoms with Crippen molar-refractivity contribution in [1.29, 1.82) is 0 Å². The maximum Gasteiger partial charge on any atom is 0.272 e. The second-order valence-electron chi connectivity index (χ2n) is 9.25. The van der Waals surface area contributed by atoms with E-state index >= 15 is 0 Å². The van der Waals surface area contributed by atoms with E-state index in [0.29, 0.717) is 17.0 Å². The Morgan fingerprint density at radius 2 is 1.79 bits per heavy atom. The summed E-state index contributed by atoms with van der Waals surface area (Å²) in [4.78, 5) is 23.2. The fraction of sp³-hybridized carbons (Fsp3) is 0.360. The number of hydrogen-bond acceptors (Lipinski definition) is 8. The zero-order chi connectivity index (χ0) is 28.2. The molecule has 0 unspecified atom stereocenters. The molecule has 0 aliphatic heterocycles. The Morgan fingerprint density at radius 3 is 2.34 bits per heavy atom. The van der Waals surface area contributed by atoms with Crippen molar-refractivity contribution in [3.05, 3.63) is 63.8 Å². The van der Waals surface area contributed by atoms with Crippen molar-refractivity contribution in [2.75, 3.05) is 13.7 Å². The van der Waals surface area contributed by atoms with Crippen LogP contribution in [0.4, 0.5) is 5.69 Å². The summed E-state index contributed by atoms with van der Waals surface area (Å²) in [7, 11) is -2.66. The minimum Gasteiger partial charge on any atom is -0.497 e. The third kappa shape index (κ3) is 6.47. The van der Waals surface area contributed by atoms with E-state index in [1.165, 1.54) is 17.9 Å². The van der Waals surface area contributed by atoms with Crippen LogP contribution in [-0.4, -0.2) is 48.7 Å². The number of ether oxygens (including phenoxy) is 2. The van der Waals surface area contributed by atoms with Crippen LogP contribution in [0.5, 0.6) is 17.4 Å². The molecule has 0 spiro atoms. The molecule has 0 fully saturated rings. The SMILES string of the molecule is COc1ccc(-n2nc(C(=O)NC(C)C)c(C)c2Oc2ccc([N+](=O)[O-])cc2S(=O)(=O)NCC(C)C)cc1. The average molecular weight is 546 g/mol. The van der Waals surface area contributed by atoms with Gasteiger partial charge in [-0.1, -0.05) is 13.8 Å². The number of methoxy groups -OCH3 is 1. The largest absolute Gasteiger partial charge is 0.497 e. The van der Waals surface area contributed by atoms with Gasteiger partial charge in [0.1, 0.15) is 16.4 Å². The topological polar surface area (TPSA) is 155 Å². The first-order valence-electron chi connectivity index (χ1n) is 11.8. The summed E-state index contributed by atoms with van der Waals surface area (Å²) in [6, 6.07) is 9.92. The Kier molecular flexibility index (Phi) is 8.74. The molecule has 12 nitrogen and oxygen atoms in total. The Hall–Kier alpha value is -3.97. The van der Waals surface area contributed by atoms with Gasteiger partial charge in [0.05, 0.1) is 17.7 Å². The van der Waals surface area contributed by atoms with Crippen LogP contribution in [0.25, 0.3) is 5.69 Å². The van der Waals surface area contributed by atoms with E-state index < -0.39 is 31.4 Å². The number of nitro benzene ring substituents is 1. The number of carbonyl (C=O) groups is 1. The van der Waals surface area contributed by atoms with Crippen molar-refractivity contribution in [2.45, 2.75) is 45.6 Å². The van der Waals surface area contributed by atoms with Crippen LogP contribution < -0.4 is 19.5 Å². The van der Waals surface area contributed by atoms with Crippen molar-refractivity contribution in [2.24, 2.45) is 5.92 Å². The number of nitrogens with zero attached hydrogens (tertiary/aromatic N) is 3. The Morgan fingerprint density at radius 1 is 1.13 bits per heavy atom. The molecule has 38 heavy (non-hydrogen) atoms. The number of benzene rings is 2. The third-order valence-electron chi connectivity index (χ3n) is 5.34. The molecule has 0 radical (unpaired) electrons. The molecule has 13 heteroatoms. The second kappa shape index (κ2) is 11.6. The molecule has 204 valence electrons. The number of nitro groups is 1. The highest BCUT2D eigenvalue weighted by Gasteiger charge is 2.28. The minimum absolute atomic E-state index is 0.00591. The Labute approximate surface area is 221 Å². The van der Waals surface area contributed by atoms with Gasteiger partial charge in [-0.15, -0.1) is 0 Å². The maximum absolute atomic E-state index is 13.2. The molecular formula is C25H31N5O7S. The molecule has 0 atom stereocenters. The van der Waals surface area contributed by atoms with Crippen molar-refractivity contribution >= 4 is 21.6 Å². The summed E-state index contributed by atoms with van der Waals surface area (Å²) in [6.07, 6.45) is 0. The summed E-state index contributed by atoms with van der Waals surface area (Å²) < 4.78 is 41.4. The fourth-order valence-electron chi connectivity index (χ4n) is 3.41. The number of rotatable bonds is 11. The molecule has 0 saturated heterocycles. The molecule has 0 saturated carbocycles. The predicted molar refractivity (Wildman–Crippen MR) is 141 cm³/mol. The maximum atomic E-state index is 13.2. The highest BCUT2D eigenvalue weighted by atomic mass is 32.2. The van der Waals surface area contributed by atoms with Gasteiger partial charge in [-0.25, -0.2) is 13.1 Å². The minimum atomic E-state index is -4.19. The normalized spacial score (nSPS) is 11.6. The average Bonchev–Trinajstić information content (AvgIpc) is 3.18. The fourth-order valence-corrected chi connectivity index (χ4v) is 4.77. The van der Waals surface area contributed by atoms with E-state index in [4.69, 9.17) is 9.47 Å².